The molecule has 1 aromatic carbocycles. The topological polar surface area (TPSA) is 45.7 Å². The molecule has 0 amide bonds. The van der Waals surface area contributed by atoms with Crippen LogP contribution in [0.2, 0.25) is 0 Å². The number of alkyl halides is 3. The first kappa shape index (κ1) is 22.0. The van der Waals surface area contributed by atoms with Gasteiger partial charge in [0, 0.05) is 19.7 Å². The summed E-state index contributed by atoms with van der Waals surface area (Å²) < 4.78 is 43.1. The van der Waals surface area contributed by atoms with Gasteiger partial charge in [-0.1, -0.05) is 12.1 Å². The fourth-order valence-electron chi connectivity index (χ4n) is 2.51. The number of nitrogens with one attached hydrogen (secondary N) is 2. The van der Waals surface area contributed by atoms with Gasteiger partial charge < -0.3 is 15.4 Å². The van der Waals surface area contributed by atoms with E-state index < -0.39 is 11.7 Å². The summed E-state index contributed by atoms with van der Waals surface area (Å²) in [6, 6.07) is 5.26. The monoisotopic (exact) mass is 471 g/mol. The summed E-state index contributed by atoms with van der Waals surface area (Å²) in [6.45, 7) is 4.76. The fraction of sp³-hybridized carbons (Fsp3) is 0.588. The average molecular weight is 471 g/mol. The molecule has 0 bridgehead atoms. The molecule has 0 spiro atoms. The number of aliphatic imine (C=N–C) groups is 1. The van der Waals surface area contributed by atoms with Crippen molar-refractivity contribution in [3.63, 3.8) is 0 Å². The molecule has 1 aliphatic rings. The summed E-state index contributed by atoms with van der Waals surface area (Å²) in [4.78, 5) is 4.49. The van der Waals surface area contributed by atoms with Gasteiger partial charge >= 0.3 is 6.18 Å². The lowest BCUT2D eigenvalue weighted by atomic mass is 10.1. The van der Waals surface area contributed by atoms with Crippen molar-refractivity contribution in [2.45, 2.75) is 38.5 Å². The van der Waals surface area contributed by atoms with Crippen LogP contribution < -0.4 is 10.6 Å². The molecule has 1 unspecified atom stereocenters. The Hall–Kier alpha value is -1.03. The Bertz CT molecular complexity index is 529. The van der Waals surface area contributed by atoms with Crippen LogP contribution in [0.3, 0.4) is 0 Å². The normalized spacial score (nSPS) is 17.9. The maximum Gasteiger partial charge on any atom is 0.416 e. The molecule has 0 radical (unpaired) electrons. The van der Waals surface area contributed by atoms with Crippen molar-refractivity contribution in [1.82, 2.24) is 10.6 Å². The third kappa shape index (κ3) is 7.81. The van der Waals surface area contributed by atoms with E-state index in [2.05, 4.69) is 15.6 Å². The number of nitrogens with zero attached hydrogens (tertiary/aromatic N) is 1. The maximum atomic E-state index is 12.5. The molecular formula is C17H25F3IN3O. The van der Waals surface area contributed by atoms with Crippen LogP contribution in [0.1, 0.15) is 30.9 Å². The molecule has 1 heterocycles. The second kappa shape index (κ2) is 10.8. The molecule has 0 saturated carbocycles. The SMILES string of the molecule is CCNC(=NCC1CCCO1)NCCc1ccc(C(F)(F)F)cc1.I. The molecule has 1 aromatic rings. The van der Waals surface area contributed by atoms with Crippen molar-refractivity contribution < 1.29 is 17.9 Å². The molecule has 25 heavy (non-hydrogen) atoms. The van der Waals surface area contributed by atoms with Crippen molar-refractivity contribution in [2.24, 2.45) is 4.99 Å². The standard InChI is InChI=1S/C17H24F3N3O.HI/c1-2-21-16(23-12-15-4-3-11-24-15)22-10-9-13-5-7-14(8-6-13)17(18,19)20;/h5-8,15H,2-4,9-12H2,1H3,(H2,21,22,23);1H. The molecule has 2 N–H and O–H groups in total. The Kier molecular flexibility index (Phi) is 9.55. The summed E-state index contributed by atoms with van der Waals surface area (Å²) in [5.74, 6) is 0.708. The second-order valence-corrected chi connectivity index (χ2v) is 5.73. The third-order valence-corrected chi connectivity index (χ3v) is 3.81. The van der Waals surface area contributed by atoms with Crippen molar-refractivity contribution in [3.05, 3.63) is 35.4 Å². The van der Waals surface area contributed by atoms with E-state index in [0.29, 0.717) is 25.5 Å². The zero-order chi connectivity index (χ0) is 17.4. The summed E-state index contributed by atoms with van der Waals surface area (Å²) in [7, 11) is 0. The van der Waals surface area contributed by atoms with Crippen LogP contribution in [0, 0.1) is 0 Å². The minimum atomic E-state index is -4.29. The quantitative estimate of drug-likeness (QED) is 0.379. The average Bonchev–Trinajstić information content (AvgIpc) is 3.05. The predicted molar refractivity (Wildman–Crippen MR) is 104 cm³/mol. The summed E-state index contributed by atoms with van der Waals surface area (Å²) in [5.41, 5.74) is 0.233. The van der Waals surface area contributed by atoms with Gasteiger partial charge in [-0.05, 0) is 43.9 Å². The molecule has 1 aliphatic heterocycles. The van der Waals surface area contributed by atoms with Crippen LogP contribution in [0.25, 0.3) is 0 Å². The maximum absolute atomic E-state index is 12.5. The first-order chi connectivity index (χ1) is 11.5. The minimum absolute atomic E-state index is 0. The number of ether oxygens (including phenoxy) is 1. The van der Waals surface area contributed by atoms with E-state index in [9.17, 15) is 13.2 Å². The lowest BCUT2D eigenvalue weighted by molar-refractivity contribution is -0.137. The number of halogens is 4. The van der Waals surface area contributed by atoms with Crippen LogP contribution in [0.4, 0.5) is 13.2 Å². The van der Waals surface area contributed by atoms with Crippen LogP contribution in [-0.2, 0) is 17.3 Å². The molecule has 1 fully saturated rings. The van der Waals surface area contributed by atoms with E-state index in [1.807, 2.05) is 6.92 Å². The molecule has 2 rings (SSSR count). The van der Waals surface area contributed by atoms with Gasteiger partial charge in [0.2, 0.25) is 0 Å². The highest BCUT2D eigenvalue weighted by molar-refractivity contribution is 14.0. The first-order valence-electron chi connectivity index (χ1n) is 8.29. The van der Waals surface area contributed by atoms with Crippen LogP contribution in [0.15, 0.2) is 29.3 Å². The third-order valence-electron chi connectivity index (χ3n) is 3.81. The van der Waals surface area contributed by atoms with Gasteiger partial charge in [-0.25, -0.2) is 0 Å². The van der Waals surface area contributed by atoms with Crippen molar-refractivity contribution in [2.75, 3.05) is 26.2 Å². The molecule has 1 saturated heterocycles. The Morgan fingerprint density at radius 1 is 1.24 bits per heavy atom. The number of guanidine groups is 1. The minimum Gasteiger partial charge on any atom is -0.376 e. The molecule has 8 heteroatoms. The summed E-state index contributed by atoms with van der Waals surface area (Å²) in [6.07, 6.45) is -1.35. The van der Waals surface area contributed by atoms with E-state index in [1.54, 1.807) is 0 Å². The predicted octanol–water partition coefficient (Wildman–Crippen LogP) is 3.60. The zero-order valence-corrected chi connectivity index (χ0v) is 16.6. The van der Waals surface area contributed by atoms with Gasteiger partial charge in [-0.2, -0.15) is 13.2 Å². The number of benzene rings is 1. The van der Waals surface area contributed by atoms with Gasteiger partial charge in [0.05, 0.1) is 18.2 Å². The van der Waals surface area contributed by atoms with Crippen molar-refractivity contribution in [3.8, 4) is 0 Å². The van der Waals surface area contributed by atoms with Gasteiger partial charge in [0.25, 0.3) is 0 Å². The van der Waals surface area contributed by atoms with E-state index >= 15 is 0 Å². The molecule has 4 nitrogen and oxygen atoms in total. The summed E-state index contributed by atoms with van der Waals surface area (Å²) in [5, 5.41) is 6.36. The van der Waals surface area contributed by atoms with E-state index in [1.165, 1.54) is 12.1 Å². The van der Waals surface area contributed by atoms with Crippen LogP contribution in [-0.4, -0.2) is 38.3 Å². The number of hydrogen-bond acceptors (Lipinski definition) is 2. The van der Waals surface area contributed by atoms with E-state index in [4.69, 9.17) is 4.74 Å². The Balaban J connectivity index is 0.00000312. The number of hydrogen-bond donors (Lipinski definition) is 2. The lowest BCUT2D eigenvalue weighted by Gasteiger charge is -2.13. The Morgan fingerprint density at radius 2 is 1.96 bits per heavy atom. The largest absolute Gasteiger partial charge is 0.416 e. The van der Waals surface area contributed by atoms with Gasteiger partial charge in [0.15, 0.2) is 5.96 Å². The number of rotatable bonds is 6. The van der Waals surface area contributed by atoms with E-state index in [0.717, 1.165) is 43.7 Å². The van der Waals surface area contributed by atoms with E-state index in [-0.39, 0.29) is 30.1 Å². The molecule has 0 aromatic heterocycles. The molecule has 142 valence electrons. The molecular weight excluding hydrogens is 446 g/mol. The smallest absolute Gasteiger partial charge is 0.376 e. The van der Waals surface area contributed by atoms with Crippen LogP contribution >= 0.6 is 24.0 Å². The van der Waals surface area contributed by atoms with Gasteiger partial charge in [-0.3, -0.25) is 4.99 Å². The first-order valence-corrected chi connectivity index (χ1v) is 8.29. The zero-order valence-electron chi connectivity index (χ0n) is 14.2. The highest BCUT2D eigenvalue weighted by atomic mass is 127. The highest BCUT2D eigenvalue weighted by Gasteiger charge is 2.29. The summed E-state index contributed by atoms with van der Waals surface area (Å²) >= 11 is 0. The van der Waals surface area contributed by atoms with Crippen molar-refractivity contribution >= 4 is 29.9 Å². The highest BCUT2D eigenvalue weighted by Crippen LogP contribution is 2.29. The Morgan fingerprint density at radius 3 is 2.52 bits per heavy atom. The van der Waals surface area contributed by atoms with Crippen molar-refractivity contribution in [1.29, 1.82) is 0 Å². The molecule has 0 aliphatic carbocycles. The fourth-order valence-corrected chi connectivity index (χ4v) is 2.51. The lowest BCUT2D eigenvalue weighted by Crippen LogP contribution is -2.38. The van der Waals surface area contributed by atoms with Crippen LogP contribution in [0.5, 0.6) is 0 Å². The molecule has 1 atom stereocenters. The van der Waals surface area contributed by atoms with Gasteiger partial charge in [0.1, 0.15) is 0 Å². The second-order valence-electron chi connectivity index (χ2n) is 5.73. The van der Waals surface area contributed by atoms with Gasteiger partial charge in [-0.15, -0.1) is 24.0 Å². The Labute approximate surface area is 163 Å².